The number of rotatable bonds is 3. The molecule has 0 unspecified atom stereocenters. The minimum absolute atomic E-state index is 0.0130. The van der Waals surface area contributed by atoms with Crippen LogP contribution in [0.2, 0.25) is 0 Å². The quantitative estimate of drug-likeness (QED) is 0.213. The number of hydrogen-bond acceptors (Lipinski definition) is 2. The lowest BCUT2D eigenvalue weighted by molar-refractivity contribution is 0.591. The Balaban J connectivity index is 1.61. The fourth-order valence-corrected chi connectivity index (χ4v) is 6.92. The van der Waals surface area contributed by atoms with Gasteiger partial charge in [-0.15, -0.1) is 0 Å². The Kier molecular flexibility index (Phi) is 5.57. The van der Waals surface area contributed by atoms with Gasteiger partial charge in [0, 0.05) is 33.3 Å². The highest BCUT2D eigenvalue weighted by Crippen LogP contribution is 2.42. The largest absolute Gasteiger partial charge is 0.308 e. The lowest BCUT2D eigenvalue weighted by Crippen LogP contribution is -2.11. The van der Waals surface area contributed by atoms with E-state index in [1.165, 1.54) is 33.3 Å². The maximum atomic E-state index is 10.7. The molecule has 8 rings (SSSR count). The third kappa shape index (κ3) is 3.60. The van der Waals surface area contributed by atoms with Crippen molar-refractivity contribution in [1.82, 2.24) is 9.13 Å². The molecule has 0 fully saturated rings. The molecular weight excluding hydrogens is 536 g/mol. The highest BCUT2D eigenvalue weighted by atomic mass is 15.1. The van der Waals surface area contributed by atoms with Crippen LogP contribution < -0.4 is 0 Å². The molecule has 44 heavy (non-hydrogen) atoms. The Labute approximate surface area is 255 Å². The van der Waals surface area contributed by atoms with Crippen LogP contribution in [0.3, 0.4) is 0 Å². The van der Waals surface area contributed by atoms with Gasteiger partial charge in [0.15, 0.2) is 0 Å². The zero-order valence-corrected chi connectivity index (χ0v) is 24.9. The number of hydrogen-bond donors (Lipinski definition) is 1. The number of nitrogens with zero attached hydrogens (tertiary/aromatic N) is 3. The van der Waals surface area contributed by atoms with E-state index in [-0.39, 0.29) is 5.41 Å². The van der Waals surface area contributed by atoms with E-state index in [0.29, 0.717) is 11.1 Å². The Hall–Kier alpha value is -5.66. The van der Waals surface area contributed by atoms with E-state index in [1.54, 1.807) is 0 Å². The fourth-order valence-electron chi connectivity index (χ4n) is 6.92. The van der Waals surface area contributed by atoms with E-state index >= 15 is 0 Å². The van der Waals surface area contributed by atoms with Crippen molar-refractivity contribution in [2.75, 3.05) is 0 Å². The molecule has 6 aromatic carbocycles. The van der Waals surface area contributed by atoms with Crippen molar-refractivity contribution in [2.45, 2.75) is 26.2 Å². The zero-order chi connectivity index (χ0) is 30.2. The molecule has 0 saturated carbocycles. The van der Waals surface area contributed by atoms with Gasteiger partial charge < -0.3 is 14.5 Å². The van der Waals surface area contributed by atoms with Crippen molar-refractivity contribution < 1.29 is 0 Å². The molecule has 0 radical (unpaired) electrons. The fraction of sp³-hybridized carbons (Fsp3) is 0.100. The summed E-state index contributed by atoms with van der Waals surface area (Å²) in [7, 11) is 0. The standard InChI is InChI=1S/C40H30N4/c1-40(2,3)27-18-21-35-31(22-27)38-28-11-5-4-10-25(28)16-19-36(38)43(35)37-20-17-26(23-41)32(24-42)39(37)44-33-14-8-6-12-29(33)30-13-7-9-15-34(30)44/h4-23,41H,1-3H3. The van der Waals surface area contributed by atoms with E-state index in [0.717, 1.165) is 44.2 Å². The van der Waals surface area contributed by atoms with Crippen LogP contribution in [0, 0.1) is 16.7 Å². The van der Waals surface area contributed by atoms with E-state index in [4.69, 9.17) is 5.41 Å². The summed E-state index contributed by atoms with van der Waals surface area (Å²) in [6.07, 6.45) is 1.29. The molecule has 0 aliphatic heterocycles. The van der Waals surface area contributed by atoms with E-state index in [2.05, 4.69) is 133 Å². The minimum Gasteiger partial charge on any atom is -0.308 e. The van der Waals surface area contributed by atoms with Crippen LogP contribution in [0.15, 0.2) is 115 Å². The summed E-state index contributed by atoms with van der Waals surface area (Å²) >= 11 is 0. The molecule has 4 nitrogen and oxygen atoms in total. The molecule has 0 atom stereocenters. The Morgan fingerprint density at radius 2 is 1.25 bits per heavy atom. The summed E-state index contributed by atoms with van der Waals surface area (Å²) in [5.74, 6) is 0. The van der Waals surface area contributed by atoms with Gasteiger partial charge in [-0.25, -0.2) is 0 Å². The van der Waals surface area contributed by atoms with Crippen LogP contribution in [0.4, 0.5) is 0 Å². The number of para-hydroxylation sites is 2. The summed E-state index contributed by atoms with van der Waals surface area (Å²) in [6.45, 7) is 6.75. The molecule has 0 aliphatic carbocycles. The highest BCUT2D eigenvalue weighted by Gasteiger charge is 2.25. The van der Waals surface area contributed by atoms with Crippen LogP contribution >= 0.6 is 0 Å². The summed E-state index contributed by atoms with van der Waals surface area (Å²) in [4.78, 5) is 0. The lowest BCUT2D eigenvalue weighted by Gasteiger charge is -2.20. The van der Waals surface area contributed by atoms with E-state index < -0.39 is 0 Å². The molecule has 0 spiro atoms. The number of nitriles is 1. The first-order chi connectivity index (χ1) is 21.4. The number of aromatic nitrogens is 2. The van der Waals surface area contributed by atoms with Gasteiger partial charge in [0.05, 0.1) is 39.0 Å². The predicted molar refractivity (Wildman–Crippen MR) is 184 cm³/mol. The van der Waals surface area contributed by atoms with Crippen LogP contribution in [-0.2, 0) is 5.41 Å². The first-order valence-electron chi connectivity index (χ1n) is 14.9. The van der Waals surface area contributed by atoms with Gasteiger partial charge in [0.25, 0.3) is 0 Å². The molecular formula is C40H30N4. The zero-order valence-electron chi connectivity index (χ0n) is 24.9. The molecule has 2 heterocycles. The molecule has 8 aromatic rings. The molecule has 1 N–H and O–H groups in total. The van der Waals surface area contributed by atoms with Gasteiger partial charge >= 0.3 is 0 Å². The van der Waals surface area contributed by atoms with E-state index in [1.807, 2.05) is 18.2 Å². The second-order valence-electron chi connectivity index (χ2n) is 12.5. The topological polar surface area (TPSA) is 57.5 Å². The summed E-state index contributed by atoms with van der Waals surface area (Å²) in [6, 6.07) is 43.0. The van der Waals surface area contributed by atoms with Crippen molar-refractivity contribution >= 4 is 60.6 Å². The van der Waals surface area contributed by atoms with Gasteiger partial charge in [-0.2, -0.15) is 5.26 Å². The molecule has 0 amide bonds. The predicted octanol–water partition coefficient (Wildman–Crippen LogP) is 10.2. The van der Waals surface area contributed by atoms with Crippen molar-refractivity contribution in [1.29, 1.82) is 10.7 Å². The number of fused-ring (bicyclic) bond motifs is 8. The Morgan fingerprint density at radius 3 is 1.91 bits per heavy atom. The van der Waals surface area contributed by atoms with Gasteiger partial charge in [0.1, 0.15) is 6.07 Å². The maximum absolute atomic E-state index is 10.7. The molecule has 210 valence electrons. The normalized spacial score (nSPS) is 12.0. The van der Waals surface area contributed by atoms with Crippen molar-refractivity contribution in [3.63, 3.8) is 0 Å². The summed E-state index contributed by atoms with van der Waals surface area (Å²) in [5.41, 5.74) is 8.22. The summed E-state index contributed by atoms with van der Waals surface area (Å²) in [5, 5.41) is 26.0. The second-order valence-corrected chi connectivity index (χ2v) is 12.5. The van der Waals surface area contributed by atoms with Gasteiger partial charge in [0.2, 0.25) is 0 Å². The average molecular weight is 567 g/mol. The molecule has 0 saturated heterocycles. The Bertz CT molecular complexity index is 2460. The molecule has 0 aliphatic rings. The monoisotopic (exact) mass is 566 g/mol. The Morgan fingerprint density at radius 1 is 0.636 bits per heavy atom. The molecule has 4 heteroatoms. The van der Waals surface area contributed by atoms with Crippen molar-refractivity contribution in [3.8, 4) is 17.4 Å². The third-order valence-electron chi connectivity index (χ3n) is 9.02. The van der Waals surface area contributed by atoms with Gasteiger partial charge in [-0.1, -0.05) is 93.6 Å². The first kappa shape index (κ1) is 26.0. The minimum atomic E-state index is -0.0130. The van der Waals surface area contributed by atoms with Crippen molar-refractivity contribution in [2.24, 2.45) is 0 Å². The SMILES string of the molecule is CC(C)(C)c1ccc2c(c1)c1c3ccccc3ccc1n2-c1ccc(C=N)c(C#N)c1-n1c2ccccc2c2ccccc21. The lowest BCUT2D eigenvalue weighted by atomic mass is 9.86. The van der Waals surface area contributed by atoms with Crippen molar-refractivity contribution in [3.05, 3.63) is 132 Å². The number of nitrogens with one attached hydrogen (secondary N) is 1. The molecule has 0 bridgehead atoms. The number of benzene rings is 6. The average Bonchev–Trinajstić information content (AvgIpc) is 3.56. The molecule has 2 aromatic heterocycles. The first-order valence-corrected chi connectivity index (χ1v) is 14.9. The van der Waals surface area contributed by atoms with E-state index in [9.17, 15) is 5.26 Å². The second kappa shape index (κ2) is 9.42. The highest BCUT2D eigenvalue weighted by molar-refractivity contribution is 6.21. The van der Waals surface area contributed by atoms with Crippen LogP contribution in [0.5, 0.6) is 0 Å². The van der Waals surface area contributed by atoms with Gasteiger partial charge in [-0.05, 0) is 64.2 Å². The smallest absolute Gasteiger partial charge is 0.102 e. The summed E-state index contributed by atoms with van der Waals surface area (Å²) < 4.78 is 4.53. The van der Waals surface area contributed by atoms with Gasteiger partial charge in [-0.3, -0.25) is 0 Å². The third-order valence-corrected chi connectivity index (χ3v) is 9.02. The van der Waals surface area contributed by atoms with Crippen LogP contribution in [-0.4, -0.2) is 15.3 Å². The van der Waals surface area contributed by atoms with Crippen LogP contribution in [0.25, 0.3) is 65.8 Å². The van der Waals surface area contributed by atoms with Crippen LogP contribution in [0.1, 0.15) is 37.5 Å². The maximum Gasteiger partial charge on any atom is 0.102 e.